The molecule has 23 heavy (non-hydrogen) atoms. The molecule has 128 valence electrons. The van der Waals surface area contributed by atoms with Gasteiger partial charge in [0.2, 0.25) is 0 Å². The maximum atomic E-state index is 12.0. The minimum atomic E-state index is -0.208. The van der Waals surface area contributed by atoms with Crippen LogP contribution in [0.2, 0.25) is 0 Å². The highest BCUT2D eigenvalue weighted by molar-refractivity contribution is 5.70. The Bertz CT molecular complexity index is 558. The average molecular weight is 320 g/mol. The SMILES string of the molecule is CC/C(C)=C/CC(C)(C)CC(=O)OCCc1ccc(O)c(O)c1. The number of rotatable bonds is 8. The van der Waals surface area contributed by atoms with Crippen LogP contribution in [0.3, 0.4) is 0 Å². The summed E-state index contributed by atoms with van der Waals surface area (Å²) in [4.78, 5) is 12.0. The van der Waals surface area contributed by atoms with Crippen molar-refractivity contribution in [3.8, 4) is 11.5 Å². The number of hydrogen-bond donors (Lipinski definition) is 2. The summed E-state index contributed by atoms with van der Waals surface area (Å²) < 4.78 is 5.28. The molecule has 0 unspecified atom stereocenters. The molecule has 0 aromatic heterocycles. The highest BCUT2D eigenvalue weighted by atomic mass is 16.5. The van der Waals surface area contributed by atoms with Gasteiger partial charge in [-0.1, -0.05) is 38.5 Å². The average Bonchev–Trinajstić information content (AvgIpc) is 2.48. The Morgan fingerprint density at radius 3 is 2.57 bits per heavy atom. The fraction of sp³-hybridized carbons (Fsp3) is 0.526. The molecule has 4 nitrogen and oxygen atoms in total. The summed E-state index contributed by atoms with van der Waals surface area (Å²) >= 11 is 0. The van der Waals surface area contributed by atoms with E-state index < -0.39 is 0 Å². The van der Waals surface area contributed by atoms with E-state index in [4.69, 9.17) is 4.74 Å². The Morgan fingerprint density at radius 1 is 1.26 bits per heavy atom. The maximum absolute atomic E-state index is 12.0. The lowest BCUT2D eigenvalue weighted by atomic mass is 9.85. The number of allylic oxidation sites excluding steroid dienone is 2. The van der Waals surface area contributed by atoms with Crippen molar-refractivity contribution in [1.29, 1.82) is 0 Å². The summed E-state index contributed by atoms with van der Waals surface area (Å²) in [6, 6.07) is 4.61. The summed E-state index contributed by atoms with van der Waals surface area (Å²) in [5, 5.41) is 18.7. The molecule has 0 aliphatic heterocycles. The highest BCUT2D eigenvalue weighted by Gasteiger charge is 2.21. The van der Waals surface area contributed by atoms with Crippen LogP contribution in [0, 0.1) is 5.41 Å². The first-order valence-corrected chi connectivity index (χ1v) is 8.05. The molecule has 0 aliphatic carbocycles. The minimum Gasteiger partial charge on any atom is -0.504 e. The lowest BCUT2D eigenvalue weighted by Crippen LogP contribution is -2.19. The number of benzene rings is 1. The van der Waals surface area contributed by atoms with Crippen LogP contribution in [-0.2, 0) is 16.0 Å². The van der Waals surface area contributed by atoms with E-state index in [-0.39, 0.29) is 29.5 Å². The Kier molecular flexibility index (Phi) is 7.14. The molecule has 0 atom stereocenters. The van der Waals surface area contributed by atoms with Gasteiger partial charge in [-0.3, -0.25) is 4.79 Å². The second-order valence-electron chi connectivity index (χ2n) is 6.74. The van der Waals surface area contributed by atoms with Crippen molar-refractivity contribution in [2.45, 2.75) is 53.4 Å². The maximum Gasteiger partial charge on any atom is 0.306 e. The van der Waals surface area contributed by atoms with Crippen molar-refractivity contribution in [3.63, 3.8) is 0 Å². The zero-order valence-corrected chi connectivity index (χ0v) is 14.6. The topological polar surface area (TPSA) is 66.8 Å². The monoisotopic (exact) mass is 320 g/mol. The van der Waals surface area contributed by atoms with Gasteiger partial charge in [0.05, 0.1) is 13.0 Å². The minimum absolute atomic E-state index is 0.121. The second kappa shape index (κ2) is 8.61. The summed E-state index contributed by atoms with van der Waals surface area (Å²) in [7, 11) is 0. The van der Waals surface area contributed by atoms with E-state index in [2.05, 4.69) is 33.8 Å². The van der Waals surface area contributed by atoms with Crippen molar-refractivity contribution in [2.24, 2.45) is 5.41 Å². The normalized spacial score (nSPS) is 12.3. The molecule has 0 heterocycles. The van der Waals surface area contributed by atoms with Gasteiger partial charge in [0.1, 0.15) is 0 Å². The van der Waals surface area contributed by atoms with Crippen LogP contribution in [0.4, 0.5) is 0 Å². The van der Waals surface area contributed by atoms with Gasteiger partial charge in [0, 0.05) is 6.42 Å². The van der Waals surface area contributed by atoms with Gasteiger partial charge in [0.25, 0.3) is 0 Å². The Balaban J connectivity index is 2.40. The van der Waals surface area contributed by atoms with Gasteiger partial charge in [-0.15, -0.1) is 0 Å². The molecule has 0 fully saturated rings. The molecule has 1 rings (SSSR count). The van der Waals surface area contributed by atoms with Crippen LogP contribution in [0.25, 0.3) is 0 Å². The lowest BCUT2D eigenvalue weighted by Gasteiger charge is -2.22. The zero-order valence-electron chi connectivity index (χ0n) is 14.6. The summed E-state index contributed by atoms with van der Waals surface area (Å²) in [5.74, 6) is -0.517. The van der Waals surface area contributed by atoms with Gasteiger partial charge in [-0.25, -0.2) is 0 Å². The number of hydrogen-bond acceptors (Lipinski definition) is 4. The summed E-state index contributed by atoms with van der Waals surface area (Å²) in [5.41, 5.74) is 2.03. The molecular formula is C19H28O4. The van der Waals surface area contributed by atoms with Crippen molar-refractivity contribution >= 4 is 5.97 Å². The van der Waals surface area contributed by atoms with Crippen molar-refractivity contribution in [2.75, 3.05) is 6.61 Å². The Morgan fingerprint density at radius 2 is 1.96 bits per heavy atom. The van der Waals surface area contributed by atoms with Crippen molar-refractivity contribution < 1.29 is 19.7 Å². The predicted molar refractivity (Wildman–Crippen MR) is 91.5 cm³/mol. The molecule has 0 spiro atoms. The number of aromatic hydroxyl groups is 2. The van der Waals surface area contributed by atoms with Crippen molar-refractivity contribution in [3.05, 3.63) is 35.4 Å². The lowest BCUT2D eigenvalue weighted by molar-refractivity contribution is -0.145. The molecule has 4 heteroatoms. The Hall–Kier alpha value is -1.97. The molecule has 1 aromatic carbocycles. The zero-order chi connectivity index (χ0) is 17.5. The number of esters is 1. The third-order valence-corrected chi connectivity index (χ3v) is 3.88. The standard InChI is InChI=1S/C19H28O4/c1-5-14(2)8-10-19(3,4)13-18(22)23-11-9-15-6-7-16(20)17(21)12-15/h6-8,12,20-21H,5,9-11,13H2,1-4H3/b14-8+. The number of carbonyl (C=O) groups excluding carboxylic acids is 1. The number of phenolic OH excluding ortho intramolecular Hbond substituents is 2. The third kappa shape index (κ3) is 7.22. The van der Waals surface area contributed by atoms with Crippen LogP contribution in [0.15, 0.2) is 29.8 Å². The van der Waals surface area contributed by atoms with Crippen LogP contribution >= 0.6 is 0 Å². The molecule has 0 radical (unpaired) electrons. The van der Waals surface area contributed by atoms with Gasteiger partial charge in [0.15, 0.2) is 11.5 Å². The molecular weight excluding hydrogens is 292 g/mol. The molecule has 0 saturated carbocycles. The number of phenols is 2. The first-order valence-electron chi connectivity index (χ1n) is 8.05. The molecule has 0 aliphatic rings. The van der Waals surface area contributed by atoms with E-state index in [1.165, 1.54) is 17.7 Å². The molecule has 0 amide bonds. The largest absolute Gasteiger partial charge is 0.504 e. The van der Waals surface area contributed by atoms with E-state index in [0.29, 0.717) is 12.8 Å². The highest BCUT2D eigenvalue weighted by Crippen LogP contribution is 2.27. The first-order chi connectivity index (χ1) is 10.7. The summed E-state index contributed by atoms with van der Waals surface area (Å²) in [6.07, 6.45) is 4.95. The smallest absolute Gasteiger partial charge is 0.306 e. The van der Waals surface area contributed by atoms with Crippen molar-refractivity contribution in [1.82, 2.24) is 0 Å². The van der Waals surface area contributed by atoms with E-state index in [0.717, 1.165) is 18.4 Å². The van der Waals surface area contributed by atoms with Gasteiger partial charge in [-0.05, 0) is 42.9 Å². The first kappa shape index (κ1) is 19.1. The molecule has 0 bridgehead atoms. The Labute approximate surface area is 138 Å². The van der Waals surface area contributed by atoms with E-state index in [1.54, 1.807) is 6.07 Å². The van der Waals surface area contributed by atoms with Crippen LogP contribution in [-0.4, -0.2) is 22.8 Å². The molecule has 2 N–H and O–H groups in total. The fourth-order valence-electron chi connectivity index (χ4n) is 2.12. The quantitative estimate of drug-likeness (QED) is 0.424. The van der Waals surface area contributed by atoms with E-state index in [9.17, 15) is 15.0 Å². The van der Waals surface area contributed by atoms with Crippen LogP contribution in [0.5, 0.6) is 11.5 Å². The summed E-state index contributed by atoms with van der Waals surface area (Å²) in [6.45, 7) is 8.61. The van der Waals surface area contributed by atoms with Crippen LogP contribution in [0.1, 0.15) is 52.5 Å². The third-order valence-electron chi connectivity index (χ3n) is 3.88. The fourth-order valence-corrected chi connectivity index (χ4v) is 2.12. The second-order valence-corrected chi connectivity index (χ2v) is 6.74. The molecule has 0 saturated heterocycles. The van der Waals surface area contributed by atoms with E-state index in [1.807, 2.05) is 0 Å². The predicted octanol–water partition coefficient (Wildman–Crippen LogP) is 4.35. The number of ether oxygens (including phenoxy) is 1. The number of carbonyl (C=O) groups is 1. The molecule has 1 aromatic rings. The van der Waals surface area contributed by atoms with Crippen LogP contribution < -0.4 is 0 Å². The van der Waals surface area contributed by atoms with Gasteiger partial charge in [-0.2, -0.15) is 0 Å². The van der Waals surface area contributed by atoms with Gasteiger partial charge >= 0.3 is 5.97 Å². The van der Waals surface area contributed by atoms with E-state index >= 15 is 0 Å². The van der Waals surface area contributed by atoms with Gasteiger partial charge < -0.3 is 14.9 Å².